The molecule has 2 rings (SSSR count). The molecule has 0 spiro atoms. The van der Waals surface area contributed by atoms with E-state index in [2.05, 4.69) is 17.4 Å². The number of halogens is 2. The summed E-state index contributed by atoms with van der Waals surface area (Å²) in [6.07, 6.45) is 4.62. The van der Waals surface area contributed by atoms with Crippen molar-refractivity contribution in [3.05, 3.63) is 34.9 Å². The fourth-order valence-corrected chi connectivity index (χ4v) is 2.97. The lowest BCUT2D eigenvalue weighted by atomic mass is 9.79. The van der Waals surface area contributed by atoms with E-state index in [-0.39, 0.29) is 23.7 Å². The van der Waals surface area contributed by atoms with Crippen molar-refractivity contribution in [1.29, 1.82) is 0 Å². The molecule has 0 unspecified atom stereocenters. The van der Waals surface area contributed by atoms with Gasteiger partial charge in [0.05, 0.1) is 6.04 Å². The van der Waals surface area contributed by atoms with Gasteiger partial charge in [-0.3, -0.25) is 4.79 Å². The van der Waals surface area contributed by atoms with Crippen molar-refractivity contribution in [3.8, 4) is 0 Å². The first kappa shape index (κ1) is 17.3. The van der Waals surface area contributed by atoms with Crippen molar-refractivity contribution in [1.82, 2.24) is 5.32 Å². The van der Waals surface area contributed by atoms with Crippen LogP contribution < -0.4 is 11.1 Å². The summed E-state index contributed by atoms with van der Waals surface area (Å²) in [7, 11) is 0. The number of carbonyl (C=O) groups is 1. The third-order valence-corrected chi connectivity index (χ3v) is 4.28. The summed E-state index contributed by atoms with van der Waals surface area (Å²) in [4.78, 5) is 11.7. The minimum atomic E-state index is -0.455. The molecule has 112 valence electrons. The van der Waals surface area contributed by atoms with Gasteiger partial charge in [-0.2, -0.15) is 0 Å². The highest BCUT2D eigenvalue weighted by Crippen LogP contribution is 2.40. The average molecular weight is 317 g/mol. The molecule has 0 saturated heterocycles. The highest BCUT2D eigenvalue weighted by molar-refractivity contribution is 6.30. The summed E-state index contributed by atoms with van der Waals surface area (Å²) in [5, 5.41) is 3.73. The molecule has 1 aromatic rings. The van der Waals surface area contributed by atoms with Crippen molar-refractivity contribution >= 4 is 29.9 Å². The van der Waals surface area contributed by atoms with Crippen LogP contribution in [-0.2, 0) is 10.2 Å². The van der Waals surface area contributed by atoms with Gasteiger partial charge in [0.15, 0.2) is 0 Å². The Kier molecular flexibility index (Phi) is 6.31. The number of amides is 1. The fourth-order valence-electron chi connectivity index (χ4n) is 2.84. The van der Waals surface area contributed by atoms with Crippen molar-refractivity contribution in [2.45, 2.75) is 44.1 Å². The third kappa shape index (κ3) is 3.87. The summed E-state index contributed by atoms with van der Waals surface area (Å²) < 4.78 is 0. The van der Waals surface area contributed by atoms with E-state index in [4.69, 9.17) is 17.3 Å². The van der Waals surface area contributed by atoms with Crippen molar-refractivity contribution in [2.75, 3.05) is 6.54 Å². The molecule has 0 aromatic heterocycles. The van der Waals surface area contributed by atoms with Gasteiger partial charge in [-0.05, 0) is 37.5 Å². The number of rotatable bonds is 4. The molecule has 0 heterocycles. The third-order valence-electron chi connectivity index (χ3n) is 4.03. The van der Waals surface area contributed by atoms with Crippen LogP contribution in [0.5, 0.6) is 0 Å². The van der Waals surface area contributed by atoms with E-state index >= 15 is 0 Å². The average Bonchev–Trinajstić information content (AvgIpc) is 2.86. The Morgan fingerprint density at radius 1 is 1.35 bits per heavy atom. The zero-order valence-electron chi connectivity index (χ0n) is 11.7. The predicted octanol–water partition coefficient (Wildman–Crippen LogP) is 3.04. The summed E-state index contributed by atoms with van der Waals surface area (Å²) in [6, 6.07) is 7.54. The maximum atomic E-state index is 11.7. The van der Waals surface area contributed by atoms with Crippen molar-refractivity contribution in [3.63, 3.8) is 0 Å². The molecule has 3 nitrogen and oxygen atoms in total. The van der Waals surface area contributed by atoms with E-state index in [0.29, 0.717) is 6.54 Å². The molecule has 20 heavy (non-hydrogen) atoms. The molecule has 0 radical (unpaired) electrons. The molecule has 5 heteroatoms. The summed E-state index contributed by atoms with van der Waals surface area (Å²) in [5.74, 6) is -0.0831. The van der Waals surface area contributed by atoms with E-state index in [1.54, 1.807) is 6.92 Å². The van der Waals surface area contributed by atoms with E-state index < -0.39 is 6.04 Å². The largest absolute Gasteiger partial charge is 0.354 e. The predicted molar refractivity (Wildman–Crippen MR) is 85.5 cm³/mol. The van der Waals surface area contributed by atoms with E-state index in [0.717, 1.165) is 17.9 Å². The van der Waals surface area contributed by atoms with Crippen molar-refractivity contribution < 1.29 is 4.79 Å². The summed E-state index contributed by atoms with van der Waals surface area (Å²) >= 11 is 5.95. The topological polar surface area (TPSA) is 55.1 Å². The molecule has 1 fully saturated rings. The summed E-state index contributed by atoms with van der Waals surface area (Å²) in [5.41, 5.74) is 6.91. The Balaban J connectivity index is 0.00000200. The second-order valence-corrected chi connectivity index (χ2v) is 5.94. The minimum Gasteiger partial charge on any atom is -0.354 e. The first-order chi connectivity index (χ1) is 9.03. The van der Waals surface area contributed by atoms with E-state index in [1.165, 1.54) is 18.4 Å². The first-order valence-corrected chi connectivity index (χ1v) is 7.21. The molecule has 0 bridgehead atoms. The molecule has 1 aliphatic rings. The van der Waals surface area contributed by atoms with Crippen LogP contribution in [0.4, 0.5) is 0 Å². The highest BCUT2D eigenvalue weighted by atomic mass is 35.5. The lowest BCUT2D eigenvalue weighted by Gasteiger charge is -2.30. The molecule has 1 amide bonds. The number of hydrogen-bond acceptors (Lipinski definition) is 2. The number of nitrogens with one attached hydrogen (secondary N) is 1. The quantitative estimate of drug-likeness (QED) is 0.897. The second kappa shape index (κ2) is 7.30. The SMILES string of the molecule is C[C@H](N)C(=O)NCC1(c2ccc(Cl)cc2)CCCC1.Cl. The lowest BCUT2D eigenvalue weighted by Crippen LogP contribution is -2.45. The fraction of sp³-hybridized carbons (Fsp3) is 0.533. The smallest absolute Gasteiger partial charge is 0.236 e. The number of nitrogens with two attached hydrogens (primary N) is 1. The van der Waals surface area contributed by atoms with Crippen LogP contribution in [0.3, 0.4) is 0 Å². The Morgan fingerprint density at radius 2 is 1.90 bits per heavy atom. The molecular formula is C15H22Cl2N2O. The van der Waals surface area contributed by atoms with Gasteiger partial charge in [-0.1, -0.05) is 36.6 Å². The van der Waals surface area contributed by atoms with Crippen LogP contribution in [0.2, 0.25) is 5.02 Å². The van der Waals surface area contributed by atoms with Crippen LogP contribution >= 0.6 is 24.0 Å². The Morgan fingerprint density at radius 3 is 2.40 bits per heavy atom. The van der Waals surface area contributed by atoms with Crippen LogP contribution in [0.25, 0.3) is 0 Å². The molecule has 1 aromatic carbocycles. The number of benzene rings is 1. The normalized spacial score (nSPS) is 18.1. The van der Waals surface area contributed by atoms with Gasteiger partial charge < -0.3 is 11.1 Å². The minimum absolute atomic E-state index is 0. The maximum Gasteiger partial charge on any atom is 0.236 e. The molecular weight excluding hydrogens is 295 g/mol. The molecule has 1 aliphatic carbocycles. The van der Waals surface area contributed by atoms with Gasteiger partial charge in [0.2, 0.25) is 5.91 Å². The summed E-state index contributed by atoms with van der Waals surface area (Å²) in [6.45, 7) is 2.37. The Labute approximate surface area is 131 Å². The standard InChI is InChI=1S/C15H21ClN2O.ClH/c1-11(17)14(19)18-10-15(8-2-3-9-15)12-4-6-13(16)7-5-12;/h4-7,11H,2-3,8-10,17H2,1H3,(H,18,19);1H/t11-;/m0./s1. The van der Waals surface area contributed by atoms with Gasteiger partial charge in [0, 0.05) is 17.0 Å². The Hall–Kier alpha value is -0.770. The first-order valence-electron chi connectivity index (χ1n) is 6.83. The molecule has 1 saturated carbocycles. The zero-order chi connectivity index (χ0) is 13.9. The van der Waals surface area contributed by atoms with E-state index in [9.17, 15) is 4.79 Å². The number of carbonyl (C=O) groups excluding carboxylic acids is 1. The molecule has 3 N–H and O–H groups in total. The van der Waals surface area contributed by atoms with Crippen LogP contribution in [0, 0.1) is 0 Å². The van der Waals surface area contributed by atoms with Gasteiger partial charge >= 0.3 is 0 Å². The molecule has 1 atom stereocenters. The van der Waals surface area contributed by atoms with Crippen LogP contribution in [0.15, 0.2) is 24.3 Å². The number of hydrogen-bond donors (Lipinski definition) is 2. The van der Waals surface area contributed by atoms with Crippen molar-refractivity contribution in [2.24, 2.45) is 5.73 Å². The monoisotopic (exact) mass is 316 g/mol. The van der Waals surface area contributed by atoms with Crippen LogP contribution in [0.1, 0.15) is 38.2 Å². The van der Waals surface area contributed by atoms with E-state index in [1.807, 2.05) is 12.1 Å². The maximum absolute atomic E-state index is 11.7. The Bertz CT molecular complexity index is 440. The molecule has 0 aliphatic heterocycles. The lowest BCUT2D eigenvalue weighted by molar-refractivity contribution is -0.122. The second-order valence-electron chi connectivity index (χ2n) is 5.50. The van der Waals surface area contributed by atoms with Gasteiger partial charge in [-0.15, -0.1) is 12.4 Å². The van der Waals surface area contributed by atoms with Crippen LogP contribution in [-0.4, -0.2) is 18.5 Å². The van der Waals surface area contributed by atoms with Gasteiger partial charge in [0.1, 0.15) is 0 Å². The van der Waals surface area contributed by atoms with Gasteiger partial charge in [0.25, 0.3) is 0 Å². The zero-order valence-corrected chi connectivity index (χ0v) is 13.3. The highest BCUT2D eigenvalue weighted by Gasteiger charge is 2.35. The van der Waals surface area contributed by atoms with Gasteiger partial charge in [-0.25, -0.2) is 0 Å².